The highest BCUT2D eigenvalue weighted by Crippen LogP contribution is 2.40. The molecule has 0 amide bonds. The molecule has 0 unspecified atom stereocenters. The van der Waals surface area contributed by atoms with Crippen LogP contribution in [0.15, 0.2) is 36.4 Å². The minimum absolute atomic E-state index is 0.773. The van der Waals surface area contributed by atoms with Gasteiger partial charge in [-0.15, -0.1) is 0 Å². The van der Waals surface area contributed by atoms with E-state index in [-0.39, 0.29) is 0 Å². The van der Waals surface area contributed by atoms with E-state index in [1.807, 2.05) is 12.1 Å². The lowest BCUT2D eigenvalue weighted by Crippen LogP contribution is -2.17. The number of hydrogen-bond donors (Lipinski definition) is 0. The van der Waals surface area contributed by atoms with Crippen LogP contribution >= 0.6 is 11.6 Å². The number of benzene rings is 1. The summed E-state index contributed by atoms with van der Waals surface area (Å²) in [5.74, 6) is 3.65. The zero-order chi connectivity index (χ0) is 16.8. The van der Waals surface area contributed by atoms with Crippen LogP contribution in [0.5, 0.6) is 0 Å². The molecule has 24 heavy (non-hydrogen) atoms. The summed E-state index contributed by atoms with van der Waals surface area (Å²) >= 11 is 6.01. The lowest BCUT2D eigenvalue weighted by molar-refractivity contribution is 0.246. The molecular weight excluding hydrogens is 312 g/mol. The van der Waals surface area contributed by atoms with E-state index in [1.54, 1.807) is 0 Å². The molecule has 132 valence electrons. The standard InChI is InChI=1S/C23H33Cl/c1-2-3-18-4-6-19(7-5-18)8-9-20-10-12-21(13-11-20)22-14-16-23(24)17-15-22/h2-3,14-21H,4-13H2,1H3/b3-2+/t18-,19-,20?,21?. The van der Waals surface area contributed by atoms with E-state index in [9.17, 15) is 0 Å². The Kier molecular flexibility index (Phi) is 6.84. The molecule has 0 nitrogen and oxygen atoms in total. The van der Waals surface area contributed by atoms with Crippen molar-refractivity contribution >= 4 is 11.6 Å². The van der Waals surface area contributed by atoms with Crippen LogP contribution in [-0.4, -0.2) is 0 Å². The first kappa shape index (κ1) is 18.1. The van der Waals surface area contributed by atoms with Gasteiger partial charge in [0.05, 0.1) is 0 Å². The molecule has 2 saturated carbocycles. The van der Waals surface area contributed by atoms with Gasteiger partial charge < -0.3 is 0 Å². The van der Waals surface area contributed by atoms with Crippen molar-refractivity contribution in [1.29, 1.82) is 0 Å². The Bertz CT molecular complexity index is 499. The van der Waals surface area contributed by atoms with E-state index < -0.39 is 0 Å². The third kappa shape index (κ3) is 5.12. The van der Waals surface area contributed by atoms with Gasteiger partial charge in [0.15, 0.2) is 0 Å². The first-order chi connectivity index (χ1) is 11.7. The summed E-state index contributed by atoms with van der Waals surface area (Å²) in [6.07, 6.45) is 19.0. The van der Waals surface area contributed by atoms with Gasteiger partial charge in [-0.05, 0) is 99.7 Å². The predicted molar refractivity (Wildman–Crippen MR) is 106 cm³/mol. The number of allylic oxidation sites excluding steroid dienone is 2. The third-order valence-electron chi connectivity index (χ3n) is 6.53. The van der Waals surface area contributed by atoms with Crippen LogP contribution in [0, 0.1) is 17.8 Å². The van der Waals surface area contributed by atoms with E-state index in [0.29, 0.717) is 0 Å². The molecule has 1 aromatic carbocycles. The molecule has 0 saturated heterocycles. The second-order valence-electron chi connectivity index (χ2n) is 8.15. The molecule has 0 radical (unpaired) electrons. The van der Waals surface area contributed by atoms with E-state index in [2.05, 4.69) is 31.2 Å². The minimum Gasteiger partial charge on any atom is -0.0914 e. The summed E-state index contributed by atoms with van der Waals surface area (Å²) < 4.78 is 0. The van der Waals surface area contributed by atoms with E-state index in [4.69, 9.17) is 11.6 Å². The highest BCUT2D eigenvalue weighted by atomic mass is 35.5. The largest absolute Gasteiger partial charge is 0.0914 e. The molecular formula is C23H33Cl. The van der Waals surface area contributed by atoms with E-state index in [1.165, 1.54) is 69.8 Å². The maximum absolute atomic E-state index is 6.01. The Morgan fingerprint density at radius 2 is 1.38 bits per heavy atom. The predicted octanol–water partition coefficient (Wildman–Crippen LogP) is 7.78. The fourth-order valence-corrected chi connectivity index (χ4v) is 5.06. The van der Waals surface area contributed by atoms with Gasteiger partial charge >= 0.3 is 0 Å². The lowest BCUT2D eigenvalue weighted by Gasteiger charge is -2.31. The van der Waals surface area contributed by atoms with Crippen molar-refractivity contribution in [2.45, 2.75) is 77.0 Å². The molecule has 2 aliphatic rings. The quantitative estimate of drug-likeness (QED) is 0.478. The Morgan fingerprint density at radius 3 is 1.92 bits per heavy atom. The molecule has 1 heteroatoms. The van der Waals surface area contributed by atoms with Crippen molar-refractivity contribution in [3.8, 4) is 0 Å². The summed E-state index contributed by atoms with van der Waals surface area (Å²) in [7, 11) is 0. The topological polar surface area (TPSA) is 0 Å². The fraction of sp³-hybridized carbons (Fsp3) is 0.652. The van der Waals surface area contributed by atoms with Crippen molar-refractivity contribution < 1.29 is 0 Å². The number of hydrogen-bond acceptors (Lipinski definition) is 0. The van der Waals surface area contributed by atoms with Crippen LogP contribution < -0.4 is 0 Å². The minimum atomic E-state index is 0.773. The van der Waals surface area contributed by atoms with Crippen LogP contribution in [0.25, 0.3) is 0 Å². The van der Waals surface area contributed by atoms with Gasteiger partial charge in [-0.1, -0.05) is 48.7 Å². The highest BCUT2D eigenvalue weighted by Gasteiger charge is 2.24. The summed E-state index contributed by atoms with van der Waals surface area (Å²) in [5, 5.41) is 0.858. The SMILES string of the molecule is C/C=C/[C@H]1CC[C@H](CCC2CCC(c3ccc(Cl)cc3)CC2)CC1. The summed E-state index contributed by atoms with van der Waals surface area (Å²) in [6, 6.07) is 8.56. The van der Waals surface area contributed by atoms with E-state index >= 15 is 0 Å². The Labute approximate surface area is 153 Å². The normalized spacial score (nSPS) is 31.4. The molecule has 0 spiro atoms. The molecule has 0 N–H and O–H groups in total. The first-order valence-electron chi connectivity index (χ1n) is 10.1. The summed E-state index contributed by atoms with van der Waals surface area (Å²) in [5.41, 5.74) is 1.50. The van der Waals surface area contributed by atoms with Gasteiger partial charge in [0.2, 0.25) is 0 Å². The maximum atomic E-state index is 6.01. The summed E-state index contributed by atoms with van der Waals surface area (Å²) in [4.78, 5) is 0. The third-order valence-corrected chi connectivity index (χ3v) is 6.78. The first-order valence-corrected chi connectivity index (χ1v) is 10.5. The zero-order valence-corrected chi connectivity index (χ0v) is 16.0. The number of halogens is 1. The molecule has 0 heterocycles. The van der Waals surface area contributed by atoms with Crippen molar-refractivity contribution in [2.24, 2.45) is 17.8 Å². The summed E-state index contributed by atoms with van der Waals surface area (Å²) in [6.45, 7) is 2.16. The van der Waals surface area contributed by atoms with Gasteiger partial charge in [0.1, 0.15) is 0 Å². The van der Waals surface area contributed by atoms with Crippen LogP contribution in [-0.2, 0) is 0 Å². The molecule has 2 aliphatic carbocycles. The van der Waals surface area contributed by atoms with Gasteiger partial charge in [-0.3, -0.25) is 0 Å². The molecule has 0 bridgehead atoms. The number of rotatable bonds is 5. The zero-order valence-electron chi connectivity index (χ0n) is 15.2. The molecule has 0 atom stereocenters. The molecule has 0 aliphatic heterocycles. The Balaban J connectivity index is 1.36. The highest BCUT2D eigenvalue weighted by molar-refractivity contribution is 6.30. The van der Waals surface area contributed by atoms with E-state index in [0.717, 1.165) is 28.7 Å². The maximum Gasteiger partial charge on any atom is 0.0406 e. The van der Waals surface area contributed by atoms with Crippen molar-refractivity contribution in [2.75, 3.05) is 0 Å². The van der Waals surface area contributed by atoms with Crippen molar-refractivity contribution in [3.05, 3.63) is 47.0 Å². The second-order valence-corrected chi connectivity index (χ2v) is 8.59. The molecule has 1 aromatic rings. The van der Waals surface area contributed by atoms with Gasteiger partial charge in [0, 0.05) is 5.02 Å². The second kappa shape index (κ2) is 9.09. The Morgan fingerprint density at radius 1 is 0.833 bits per heavy atom. The average Bonchev–Trinajstić information content (AvgIpc) is 2.63. The van der Waals surface area contributed by atoms with Gasteiger partial charge in [-0.2, -0.15) is 0 Å². The molecule has 3 rings (SSSR count). The van der Waals surface area contributed by atoms with Crippen LogP contribution in [0.1, 0.15) is 82.6 Å². The van der Waals surface area contributed by atoms with Crippen molar-refractivity contribution in [3.63, 3.8) is 0 Å². The average molecular weight is 345 g/mol. The van der Waals surface area contributed by atoms with Crippen molar-refractivity contribution in [1.82, 2.24) is 0 Å². The lowest BCUT2D eigenvalue weighted by atomic mass is 9.74. The molecule has 0 aromatic heterocycles. The van der Waals surface area contributed by atoms with Crippen LogP contribution in [0.3, 0.4) is 0 Å². The monoisotopic (exact) mass is 344 g/mol. The van der Waals surface area contributed by atoms with Gasteiger partial charge in [-0.25, -0.2) is 0 Å². The smallest absolute Gasteiger partial charge is 0.0406 e. The van der Waals surface area contributed by atoms with Crippen LogP contribution in [0.2, 0.25) is 5.02 Å². The molecule has 2 fully saturated rings. The Hall–Kier alpha value is -0.750. The van der Waals surface area contributed by atoms with Crippen LogP contribution in [0.4, 0.5) is 0 Å². The van der Waals surface area contributed by atoms with Gasteiger partial charge in [0.25, 0.3) is 0 Å². The fourth-order valence-electron chi connectivity index (χ4n) is 4.93.